The Bertz CT molecular complexity index is 254. The lowest BCUT2D eigenvalue weighted by atomic mass is 9.96. The normalized spacial score (nSPS) is 37.2. The summed E-state index contributed by atoms with van der Waals surface area (Å²) in [6, 6.07) is 1.71. The maximum Gasteiger partial charge on any atom is 0.0258 e. The molecular formula is C15H29N3. The molecule has 3 heterocycles. The van der Waals surface area contributed by atoms with E-state index in [9.17, 15) is 0 Å². The Balaban J connectivity index is 1.48. The summed E-state index contributed by atoms with van der Waals surface area (Å²) in [6.45, 7) is 10.2. The Morgan fingerprint density at radius 1 is 0.833 bits per heavy atom. The van der Waals surface area contributed by atoms with Gasteiger partial charge in [-0.25, -0.2) is 0 Å². The van der Waals surface area contributed by atoms with Crippen LogP contribution in [0.1, 0.15) is 39.0 Å². The van der Waals surface area contributed by atoms with Gasteiger partial charge in [0.05, 0.1) is 0 Å². The van der Waals surface area contributed by atoms with Crippen molar-refractivity contribution in [3.63, 3.8) is 0 Å². The lowest BCUT2D eigenvalue weighted by molar-refractivity contribution is 0.0677. The standard InChI is InChI=1S/C15H29N3/c1-13-11-16-12-15(13)18-9-5-14(6-10-18)17-7-3-2-4-8-17/h13-16H,2-12H2,1H3. The molecule has 2 unspecified atom stereocenters. The molecule has 1 N–H and O–H groups in total. The number of nitrogens with zero attached hydrogens (tertiary/aromatic N) is 2. The molecule has 18 heavy (non-hydrogen) atoms. The summed E-state index contributed by atoms with van der Waals surface area (Å²) in [5.74, 6) is 0.844. The van der Waals surface area contributed by atoms with Crippen molar-refractivity contribution in [1.82, 2.24) is 15.1 Å². The molecule has 3 rings (SSSR count). The Morgan fingerprint density at radius 2 is 1.56 bits per heavy atom. The molecule has 2 atom stereocenters. The van der Waals surface area contributed by atoms with Crippen LogP contribution in [-0.2, 0) is 0 Å². The van der Waals surface area contributed by atoms with Gasteiger partial charge in [-0.05, 0) is 64.3 Å². The van der Waals surface area contributed by atoms with Gasteiger partial charge in [-0.15, -0.1) is 0 Å². The van der Waals surface area contributed by atoms with Crippen LogP contribution >= 0.6 is 0 Å². The largest absolute Gasteiger partial charge is 0.315 e. The molecule has 0 amide bonds. The number of hydrogen-bond acceptors (Lipinski definition) is 3. The highest BCUT2D eigenvalue weighted by molar-refractivity contribution is 4.90. The minimum absolute atomic E-state index is 0.812. The first-order chi connectivity index (χ1) is 8.84. The molecule has 3 aliphatic rings. The molecule has 3 aliphatic heterocycles. The van der Waals surface area contributed by atoms with Crippen molar-refractivity contribution < 1.29 is 0 Å². The van der Waals surface area contributed by atoms with Crippen LogP contribution in [0.4, 0.5) is 0 Å². The van der Waals surface area contributed by atoms with Gasteiger partial charge in [-0.1, -0.05) is 13.3 Å². The fraction of sp³-hybridized carbons (Fsp3) is 1.00. The highest BCUT2D eigenvalue weighted by Gasteiger charge is 2.33. The number of nitrogens with one attached hydrogen (secondary N) is 1. The van der Waals surface area contributed by atoms with Crippen LogP contribution in [0.3, 0.4) is 0 Å². The zero-order chi connectivity index (χ0) is 12.4. The first-order valence-electron chi connectivity index (χ1n) is 8.03. The van der Waals surface area contributed by atoms with Crippen molar-refractivity contribution in [1.29, 1.82) is 0 Å². The molecule has 0 bridgehead atoms. The van der Waals surface area contributed by atoms with Crippen LogP contribution in [0.5, 0.6) is 0 Å². The SMILES string of the molecule is CC1CNCC1N1CCC(N2CCCCC2)CC1. The van der Waals surface area contributed by atoms with E-state index in [-0.39, 0.29) is 0 Å². The van der Waals surface area contributed by atoms with Crippen molar-refractivity contribution in [3.05, 3.63) is 0 Å². The summed E-state index contributed by atoms with van der Waals surface area (Å²) < 4.78 is 0. The van der Waals surface area contributed by atoms with E-state index >= 15 is 0 Å². The van der Waals surface area contributed by atoms with E-state index in [1.807, 2.05) is 0 Å². The lowest BCUT2D eigenvalue weighted by Crippen LogP contribution is -2.50. The minimum atomic E-state index is 0.812. The van der Waals surface area contributed by atoms with Gasteiger partial charge in [-0.3, -0.25) is 4.90 Å². The fourth-order valence-electron chi connectivity index (χ4n) is 4.15. The third-order valence-corrected chi connectivity index (χ3v) is 5.35. The molecule has 0 aliphatic carbocycles. The molecule has 0 spiro atoms. The highest BCUT2D eigenvalue weighted by Crippen LogP contribution is 2.24. The van der Waals surface area contributed by atoms with E-state index in [2.05, 4.69) is 22.0 Å². The van der Waals surface area contributed by atoms with Crippen LogP contribution in [0.15, 0.2) is 0 Å². The Morgan fingerprint density at radius 3 is 2.17 bits per heavy atom. The van der Waals surface area contributed by atoms with Crippen LogP contribution < -0.4 is 5.32 Å². The second-order valence-electron chi connectivity index (χ2n) is 6.57. The molecular weight excluding hydrogens is 222 g/mol. The number of hydrogen-bond donors (Lipinski definition) is 1. The van der Waals surface area contributed by atoms with Gasteiger partial charge in [0.1, 0.15) is 0 Å². The topological polar surface area (TPSA) is 18.5 Å². The van der Waals surface area contributed by atoms with E-state index < -0.39 is 0 Å². The molecule has 0 radical (unpaired) electrons. The van der Waals surface area contributed by atoms with E-state index in [4.69, 9.17) is 0 Å². The summed E-state index contributed by atoms with van der Waals surface area (Å²) in [5, 5.41) is 3.54. The molecule has 0 saturated carbocycles. The van der Waals surface area contributed by atoms with Crippen molar-refractivity contribution in [3.8, 4) is 0 Å². The quantitative estimate of drug-likeness (QED) is 0.803. The van der Waals surface area contributed by atoms with Crippen molar-refractivity contribution in [2.75, 3.05) is 39.3 Å². The lowest BCUT2D eigenvalue weighted by Gasteiger charge is -2.42. The summed E-state index contributed by atoms with van der Waals surface area (Å²) >= 11 is 0. The second kappa shape index (κ2) is 5.89. The van der Waals surface area contributed by atoms with Gasteiger partial charge in [0.25, 0.3) is 0 Å². The maximum atomic E-state index is 3.54. The molecule has 3 saturated heterocycles. The summed E-state index contributed by atoms with van der Waals surface area (Å²) in [7, 11) is 0. The summed E-state index contributed by atoms with van der Waals surface area (Å²) in [6.07, 6.45) is 7.14. The van der Waals surface area contributed by atoms with Crippen LogP contribution in [0, 0.1) is 5.92 Å². The fourth-order valence-corrected chi connectivity index (χ4v) is 4.15. The average Bonchev–Trinajstić information content (AvgIpc) is 2.86. The number of rotatable bonds is 2. The van der Waals surface area contributed by atoms with E-state index in [0.717, 1.165) is 18.0 Å². The Hall–Kier alpha value is -0.120. The molecule has 3 heteroatoms. The van der Waals surface area contributed by atoms with Gasteiger partial charge in [0.2, 0.25) is 0 Å². The van der Waals surface area contributed by atoms with Gasteiger partial charge in [0, 0.05) is 18.6 Å². The van der Waals surface area contributed by atoms with Crippen molar-refractivity contribution in [2.45, 2.75) is 51.1 Å². The van der Waals surface area contributed by atoms with E-state index in [0.29, 0.717) is 0 Å². The molecule has 0 aromatic carbocycles. The third-order valence-electron chi connectivity index (χ3n) is 5.35. The molecule has 0 aromatic rings. The maximum absolute atomic E-state index is 3.54. The smallest absolute Gasteiger partial charge is 0.0258 e. The Kier molecular flexibility index (Phi) is 4.22. The van der Waals surface area contributed by atoms with Crippen molar-refractivity contribution in [2.24, 2.45) is 5.92 Å². The van der Waals surface area contributed by atoms with Gasteiger partial charge in [-0.2, -0.15) is 0 Å². The zero-order valence-corrected chi connectivity index (χ0v) is 11.9. The first kappa shape index (κ1) is 12.9. The van der Waals surface area contributed by atoms with Gasteiger partial charge < -0.3 is 10.2 Å². The molecule has 104 valence electrons. The summed E-state index contributed by atoms with van der Waals surface area (Å²) in [4.78, 5) is 5.53. The van der Waals surface area contributed by atoms with Crippen LogP contribution in [0.25, 0.3) is 0 Å². The van der Waals surface area contributed by atoms with E-state index in [1.165, 1.54) is 71.4 Å². The number of piperidine rings is 2. The predicted octanol–water partition coefficient (Wildman–Crippen LogP) is 1.54. The zero-order valence-electron chi connectivity index (χ0n) is 11.9. The minimum Gasteiger partial charge on any atom is -0.315 e. The van der Waals surface area contributed by atoms with Crippen LogP contribution in [-0.4, -0.2) is 61.2 Å². The monoisotopic (exact) mass is 251 g/mol. The molecule has 3 nitrogen and oxygen atoms in total. The third kappa shape index (κ3) is 2.73. The second-order valence-corrected chi connectivity index (χ2v) is 6.57. The molecule has 3 fully saturated rings. The van der Waals surface area contributed by atoms with Crippen LogP contribution in [0.2, 0.25) is 0 Å². The first-order valence-corrected chi connectivity index (χ1v) is 8.03. The average molecular weight is 251 g/mol. The van der Waals surface area contributed by atoms with Gasteiger partial charge in [0.15, 0.2) is 0 Å². The Labute approximate surface area is 112 Å². The van der Waals surface area contributed by atoms with E-state index in [1.54, 1.807) is 0 Å². The number of likely N-dealkylation sites (tertiary alicyclic amines) is 2. The predicted molar refractivity (Wildman–Crippen MR) is 75.8 cm³/mol. The highest BCUT2D eigenvalue weighted by atomic mass is 15.2. The van der Waals surface area contributed by atoms with Crippen molar-refractivity contribution >= 4 is 0 Å². The van der Waals surface area contributed by atoms with Gasteiger partial charge >= 0.3 is 0 Å². The molecule has 0 aromatic heterocycles. The summed E-state index contributed by atoms with van der Waals surface area (Å²) in [5.41, 5.74) is 0.